The van der Waals surface area contributed by atoms with Gasteiger partial charge in [0.1, 0.15) is 5.75 Å². The number of carboxylic acids is 1. The van der Waals surface area contributed by atoms with Crippen molar-refractivity contribution in [3.05, 3.63) is 29.8 Å². The molecule has 104 valence electrons. The molecule has 2 atom stereocenters. The van der Waals surface area contributed by atoms with Crippen LogP contribution in [-0.4, -0.2) is 24.2 Å². The molecule has 1 aliphatic heterocycles. The van der Waals surface area contributed by atoms with Gasteiger partial charge >= 0.3 is 5.97 Å². The van der Waals surface area contributed by atoms with Crippen molar-refractivity contribution in [3.8, 4) is 5.75 Å². The molecule has 0 bridgehead atoms. The second-order valence-corrected chi connectivity index (χ2v) is 5.29. The van der Waals surface area contributed by atoms with E-state index in [0.29, 0.717) is 19.4 Å². The number of hydrogen-bond acceptors (Lipinski definition) is 3. The van der Waals surface area contributed by atoms with Gasteiger partial charge in [-0.05, 0) is 18.9 Å². The van der Waals surface area contributed by atoms with Gasteiger partial charge in [-0.15, -0.1) is 0 Å². The summed E-state index contributed by atoms with van der Waals surface area (Å²) in [5.74, 6) is 0.212. The summed E-state index contributed by atoms with van der Waals surface area (Å²) in [4.78, 5) is 11.6. The van der Waals surface area contributed by atoms with E-state index in [1.807, 2.05) is 31.2 Å². The lowest BCUT2D eigenvalue weighted by Crippen LogP contribution is -2.40. The molecule has 0 radical (unpaired) electrons. The molecule has 0 aromatic heterocycles. The van der Waals surface area contributed by atoms with Crippen LogP contribution in [-0.2, 0) is 4.79 Å². The third-order valence-electron chi connectivity index (χ3n) is 4.01. The van der Waals surface area contributed by atoms with Gasteiger partial charge in [-0.25, -0.2) is 0 Å². The molecule has 2 unspecified atom stereocenters. The Morgan fingerprint density at radius 1 is 1.53 bits per heavy atom. The number of nitrogens with two attached hydrogens (primary N) is 1. The fraction of sp³-hybridized carbons (Fsp3) is 0.533. The topological polar surface area (TPSA) is 72.5 Å². The highest BCUT2D eigenvalue weighted by atomic mass is 16.5. The quantitative estimate of drug-likeness (QED) is 0.826. The summed E-state index contributed by atoms with van der Waals surface area (Å²) >= 11 is 0. The zero-order chi connectivity index (χ0) is 13.9. The number of hydrogen-bond donors (Lipinski definition) is 2. The maximum absolute atomic E-state index is 11.6. The number of ether oxygens (including phenoxy) is 1. The molecule has 1 aromatic rings. The van der Waals surface area contributed by atoms with E-state index in [9.17, 15) is 9.90 Å². The van der Waals surface area contributed by atoms with Gasteiger partial charge in [-0.3, -0.25) is 4.79 Å². The molecule has 19 heavy (non-hydrogen) atoms. The van der Waals surface area contributed by atoms with Crippen LogP contribution in [0.4, 0.5) is 0 Å². The summed E-state index contributed by atoms with van der Waals surface area (Å²) in [6.07, 6.45) is 1.97. The Labute approximate surface area is 113 Å². The predicted octanol–water partition coefficient (Wildman–Crippen LogP) is 2.38. The van der Waals surface area contributed by atoms with E-state index in [2.05, 4.69) is 0 Å². The van der Waals surface area contributed by atoms with Crippen LogP contribution in [0, 0.1) is 5.41 Å². The Hall–Kier alpha value is -1.55. The van der Waals surface area contributed by atoms with E-state index in [-0.39, 0.29) is 12.5 Å². The summed E-state index contributed by atoms with van der Waals surface area (Å²) in [5.41, 5.74) is 6.05. The van der Waals surface area contributed by atoms with Crippen molar-refractivity contribution in [3.63, 3.8) is 0 Å². The molecular formula is C15H21NO3. The number of carbonyl (C=O) groups is 1. The number of aliphatic carboxylic acids is 1. The molecule has 4 heteroatoms. The minimum Gasteiger partial charge on any atom is -0.493 e. The molecule has 4 nitrogen and oxygen atoms in total. The van der Waals surface area contributed by atoms with Crippen LogP contribution < -0.4 is 10.5 Å². The molecule has 0 aliphatic carbocycles. The van der Waals surface area contributed by atoms with Gasteiger partial charge in [0.2, 0.25) is 0 Å². The Morgan fingerprint density at radius 2 is 2.26 bits per heavy atom. The summed E-state index contributed by atoms with van der Waals surface area (Å²) in [5, 5.41) is 9.54. The lowest BCUT2D eigenvalue weighted by atomic mass is 9.74. The number of para-hydroxylation sites is 1. The van der Waals surface area contributed by atoms with Crippen LogP contribution in [0.5, 0.6) is 5.75 Å². The van der Waals surface area contributed by atoms with Gasteiger partial charge in [0.25, 0.3) is 0 Å². The fourth-order valence-electron chi connectivity index (χ4n) is 2.92. The Kier molecular flexibility index (Phi) is 4.10. The zero-order valence-corrected chi connectivity index (χ0v) is 11.3. The summed E-state index contributed by atoms with van der Waals surface area (Å²) in [7, 11) is 0. The first-order valence-electron chi connectivity index (χ1n) is 6.78. The summed E-state index contributed by atoms with van der Waals surface area (Å²) in [6, 6.07) is 7.84. The molecule has 2 rings (SSSR count). The van der Waals surface area contributed by atoms with E-state index in [1.165, 1.54) is 0 Å². The Morgan fingerprint density at radius 3 is 2.89 bits per heavy atom. The number of carboxylic acid groups (broad SMARTS) is 1. The minimum atomic E-state index is -0.833. The maximum atomic E-state index is 11.6. The summed E-state index contributed by atoms with van der Waals surface area (Å²) < 4.78 is 5.63. The molecule has 0 spiro atoms. The van der Waals surface area contributed by atoms with Gasteiger partial charge in [0.15, 0.2) is 0 Å². The first-order chi connectivity index (χ1) is 9.13. The van der Waals surface area contributed by atoms with Crippen LogP contribution in [0.1, 0.15) is 37.7 Å². The van der Waals surface area contributed by atoms with Crippen molar-refractivity contribution in [2.45, 2.75) is 32.1 Å². The smallest absolute Gasteiger partial charge is 0.310 e. The second-order valence-electron chi connectivity index (χ2n) is 5.29. The minimum absolute atomic E-state index is 0.127. The van der Waals surface area contributed by atoms with Crippen LogP contribution in [0.2, 0.25) is 0 Å². The predicted molar refractivity (Wildman–Crippen MR) is 73.3 cm³/mol. The van der Waals surface area contributed by atoms with Crippen molar-refractivity contribution < 1.29 is 14.6 Å². The van der Waals surface area contributed by atoms with Gasteiger partial charge in [-0.2, -0.15) is 0 Å². The Bertz CT molecular complexity index is 460. The molecule has 0 fully saturated rings. The second kappa shape index (κ2) is 5.61. The molecule has 1 aliphatic rings. The highest BCUT2D eigenvalue weighted by Crippen LogP contribution is 2.42. The Balaban J connectivity index is 2.22. The lowest BCUT2D eigenvalue weighted by Gasteiger charge is -2.30. The molecule has 0 saturated carbocycles. The van der Waals surface area contributed by atoms with Crippen molar-refractivity contribution >= 4 is 5.97 Å². The van der Waals surface area contributed by atoms with Gasteiger partial charge < -0.3 is 15.6 Å². The average molecular weight is 263 g/mol. The van der Waals surface area contributed by atoms with Crippen molar-refractivity contribution in [2.75, 3.05) is 13.2 Å². The van der Waals surface area contributed by atoms with E-state index in [1.54, 1.807) is 0 Å². The highest BCUT2D eigenvalue weighted by Gasteiger charge is 2.40. The van der Waals surface area contributed by atoms with Crippen LogP contribution in [0.15, 0.2) is 24.3 Å². The van der Waals surface area contributed by atoms with Gasteiger partial charge in [-0.1, -0.05) is 31.5 Å². The molecular weight excluding hydrogens is 242 g/mol. The number of rotatable bonds is 6. The van der Waals surface area contributed by atoms with Crippen molar-refractivity contribution in [1.29, 1.82) is 0 Å². The van der Waals surface area contributed by atoms with E-state index in [4.69, 9.17) is 10.5 Å². The monoisotopic (exact) mass is 263 g/mol. The lowest BCUT2D eigenvalue weighted by molar-refractivity contribution is -0.149. The zero-order valence-electron chi connectivity index (χ0n) is 11.3. The SMILES string of the molecule is CCCC(CN)(CC1COc2ccccc21)C(=O)O. The van der Waals surface area contributed by atoms with Crippen molar-refractivity contribution in [1.82, 2.24) is 0 Å². The first-order valence-corrected chi connectivity index (χ1v) is 6.78. The molecule has 0 saturated heterocycles. The third kappa shape index (κ3) is 2.59. The highest BCUT2D eigenvalue weighted by molar-refractivity contribution is 5.75. The number of benzene rings is 1. The van der Waals surface area contributed by atoms with Crippen LogP contribution in [0.25, 0.3) is 0 Å². The molecule has 1 aromatic carbocycles. The maximum Gasteiger partial charge on any atom is 0.310 e. The van der Waals surface area contributed by atoms with Crippen LogP contribution in [0.3, 0.4) is 0 Å². The largest absolute Gasteiger partial charge is 0.493 e. The van der Waals surface area contributed by atoms with Crippen LogP contribution >= 0.6 is 0 Å². The van der Waals surface area contributed by atoms with E-state index < -0.39 is 11.4 Å². The number of fused-ring (bicyclic) bond motifs is 1. The molecule has 3 N–H and O–H groups in total. The van der Waals surface area contributed by atoms with Crippen molar-refractivity contribution in [2.24, 2.45) is 11.1 Å². The van der Waals surface area contributed by atoms with Gasteiger partial charge in [0.05, 0.1) is 12.0 Å². The first kappa shape index (κ1) is 13.9. The third-order valence-corrected chi connectivity index (χ3v) is 4.01. The van der Waals surface area contributed by atoms with Gasteiger partial charge in [0, 0.05) is 18.0 Å². The van der Waals surface area contributed by atoms with E-state index in [0.717, 1.165) is 17.7 Å². The molecule has 0 amide bonds. The van der Waals surface area contributed by atoms with E-state index >= 15 is 0 Å². The molecule has 1 heterocycles. The standard InChI is InChI=1S/C15H21NO3/c1-2-7-15(10-16,14(17)18)8-11-9-19-13-6-4-3-5-12(11)13/h3-6,11H,2,7-10,16H2,1H3,(H,17,18). The summed E-state index contributed by atoms with van der Waals surface area (Å²) in [6.45, 7) is 2.72. The average Bonchev–Trinajstić information content (AvgIpc) is 2.81. The normalized spacial score (nSPS) is 20.4. The fourth-order valence-corrected chi connectivity index (χ4v) is 2.92.